The lowest BCUT2D eigenvalue weighted by atomic mass is 10.0. The van der Waals surface area contributed by atoms with Crippen LogP contribution in [0.25, 0.3) is 11.0 Å². The van der Waals surface area contributed by atoms with Crippen molar-refractivity contribution in [2.24, 2.45) is 0 Å². The molecule has 2 N–H and O–H groups in total. The molecule has 102 valence electrons. The third-order valence-corrected chi connectivity index (χ3v) is 4.12. The van der Waals surface area contributed by atoms with Gasteiger partial charge in [-0.25, -0.2) is 4.98 Å². The van der Waals surface area contributed by atoms with Crippen molar-refractivity contribution in [2.45, 2.75) is 43.9 Å². The number of hydrogen-bond acceptors (Lipinski definition) is 5. The number of nitrogens with zero attached hydrogens (tertiary/aromatic N) is 4. The Kier molecular flexibility index (Phi) is 3.06. The molecular formula is C12H16ClN5O. The van der Waals surface area contributed by atoms with Gasteiger partial charge in [0.25, 0.3) is 0 Å². The Morgan fingerprint density at radius 3 is 2.68 bits per heavy atom. The third kappa shape index (κ3) is 1.95. The molecule has 0 aliphatic carbocycles. The second-order valence-electron chi connectivity index (χ2n) is 5.26. The molecule has 2 aliphatic rings. The molecule has 2 bridgehead atoms. The van der Waals surface area contributed by atoms with Gasteiger partial charge in [0.1, 0.15) is 0 Å². The Bertz CT molecular complexity index is 574. The van der Waals surface area contributed by atoms with Crippen LogP contribution >= 0.6 is 12.4 Å². The van der Waals surface area contributed by atoms with Gasteiger partial charge in [0, 0.05) is 18.3 Å². The number of aliphatic hydroxyl groups is 1. The molecule has 7 heteroatoms. The summed E-state index contributed by atoms with van der Waals surface area (Å²) >= 11 is 0. The molecule has 0 spiro atoms. The Hall–Kier alpha value is -1.40. The number of anilines is 1. The average molecular weight is 282 g/mol. The first-order valence-electron chi connectivity index (χ1n) is 6.44. The number of aliphatic hydroxyl groups excluding tert-OH is 1. The number of aromatic amines is 1. The molecule has 0 radical (unpaired) electrons. The lowest BCUT2D eigenvalue weighted by Crippen LogP contribution is -2.45. The smallest absolute Gasteiger partial charge is 0.227 e. The fourth-order valence-corrected chi connectivity index (χ4v) is 3.33. The van der Waals surface area contributed by atoms with Gasteiger partial charge in [-0.05, 0) is 25.7 Å². The molecule has 4 heterocycles. The number of H-pyrrole nitrogens is 1. The fourth-order valence-electron chi connectivity index (χ4n) is 3.33. The Labute approximate surface area is 116 Å². The first-order chi connectivity index (χ1) is 8.81. The Balaban J connectivity index is 0.00000110. The maximum absolute atomic E-state index is 9.81. The molecule has 0 saturated carbocycles. The second kappa shape index (κ2) is 4.61. The van der Waals surface area contributed by atoms with Crippen LogP contribution in [0.2, 0.25) is 0 Å². The lowest BCUT2D eigenvalue weighted by Gasteiger charge is -2.37. The van der Waals surface area contributed by atoms with E-state index in [2.05, 4.69) is 25.1 Å². The second-order valence-corrected chi connectivity index (χ2v) is 5.26. The summed E-state index contributed by atoms with van der Waals surface area (Å²) in [4.78, 5) is 11.3. The molecular weight excluding hydrogens is 266 g/mol. The minimum Gasteiger partial charge on any atom is -0.393 e. The van der Waals surface area contributed by atoms with Crippen LogP contribution in [0, 0.1) is 0 Å². The van der Waals surface area contributed by atoms with Gasteiger partial charge in [0.2, 0.25) is 5.95 Å². The normalized spacial score (nSPS) is 29.5. The maximum Gasteiger partial charge on any atom is 0.227 e. The van der Waals surface area contributed by atoms with E-state index >= 15 is 0 Å². The molecule has 2 aromatic rings. The highest BCUT2D eigenvalue weighted by Gasteiger charge is 2.41. The van der Waals surface area contributed by atoms with Crippen molar-refractivity contribution >= 4 is 29.4 Å². The monoisotopic (exact) mass is 281 g/mol. The van der Waals surface area contributed by atoms with E-state index < -0.39 is 0 Å². The number of piperidine rings is 1. The highest BCUT2D eigenvalue weighted by molar-refractivity contribution is 5.85. The molecule has 2 fully saturated rings. The number of nitrogens with one attached hydrogen (secondary N) is 1. The summed E-state index contributed by atoms with van der Waals surface area (Å²) in [5.74, 6) is 0.770. The molecule has 2 saturated heterocycles. The summed E-state index contributed by atoms with van der Waals surface area (Å²) in [6, 6.07) is 0.776. The van der Waals surface area contributed by atoms with E-state index in [1.807, 2.05) is 6.20 Å². The Morgan fingerprint density at radius 1 is 1.21 bits per heavy atom. The Morgan fingerprint density at radius 2 is 1.95 bits per heavy atom. The molecule has 19 heavy (non-hydrogen) atoms. The van der Waals surface area contributed by atoms with E-state index in [1.54, 1.807) is 6.20 Å². The summed E-state index contributed by atoms with van der Waals surface area (Å²) in [6.45, 7) is 0. The van der Waals surface area contributed by atoms with Gasteiger partial charge in [-0.1, -0.05) is 0 Å². The van der Waals surface area contributed by atoms with E-state index in [0.29, 0.717) is 12.1 Å². The standard InChI is InChI=1S/C12H15N5O.ClH/c18-10-3-8-1-2-9(4-10)17(8)12-13-5-7-6-14-16-11(7)15-12;/h5-6,8-10,18H,1-4H2,(H,13,14,15,16);1H/t8-,9+,10?;. The van der Waals surface area contributed by atoms with Crippen LogP contribution in [0.1, 0.15) is 25.7 Å². The highest BCUT2D eigenvalue weighted by atomic mass is 35.5. The van der Waals surface area contributed by atoms with Crippen molar-refractivity contribution in [3.63, 3.8) is 0 Å². The summed E-state index contributed by atoms with van der Waals surface area (Å²) in [5, 5.41) is 17.6. The third-order valence-electron chi connectivity index (χ3n) is 4.12. The van der Waals surface area contributed by atoms with Crippen LogP contribution in [0.15, 0.2) is 12.4 Å². The molecule has 0 aromatic carbocycles. The molecule has 6 nitrogen and oxygen atoms in total. The number of fused-ring (bicyclic) bond motifs is 3. The lowest BCUT2D eigenvalue weighted by molar-refractivity contribution is 0.125. The molecule has 2 aromatic heterocycles. The van der Waals surface area contributed by atoms with Gasteiger partial charge in [0.15, 0.2) is 5.65 Å². The summed E-state index contributed by atoms with van der Waals surface area (Å²) < 4.78 is 0. The zero-order valence-electron chi connectivity index (χ0n) is 10.4. The van der Waals surface area contributed by atoms with Gasteiger partial charge in [-0.3, -0.25) is 5.10 Å². The largest absolute Gasteiger partial charge is 0.393 e. The van der Waals surface area contributed by atoms with Crippen molar-refractivity contribution < 1.29 is 5.11 Å². The zero-order chi connectivity index (χ0) is 12.1. The first kappa shape index (κ1) is 12.6. The molecule has 1 unspecified atom stereocenters. The van der Waals surface area contributed by atoms with Crippen LogP contribution < -0.4 is 4.90 Å². The van der Waals surface area contributed by atoms with Crippen LogP contribution in [-0.2, 0) is 0 Å². The van der Waals surface area contributed by atoms with Crippen LogP contribution in [0.5, 0.6) is 0 Å². The zero-order valence-corrected chi connectivity index (χ0v) is 11.2. The van der Waals surface area contributed by atoms with Gasteiger partial charge < -0.3 is 10.0 Å². The quantitative estimate of drug-likeness (QED) is 0.823. The van der Waals surface area contributed by atoms with Gasteiger partial charge in [-0.2, -0.15) is 10.1 Å². The molecule has 3 atom stereocenters. The van der Waals surface area contributed by atoms with Crippen molar-refractivity contribution in [2.75, 3.05) is 4.90 Å². The average Bonchev–Trinajstić information content (AvgIpc) is 2.91. The first-order valence-corrected chi connectivity index (χ1v) is 6.44. The topological polar surface area (TPSA) is 77.9 Å². The summed E-state index contributed by atoms with van der Waals surface area (Å²) in [6.07, 6.45) is 7.31. The van der Waals surface area contributed by atoms with E-state index in [4.69, 9.17) is 0 Å². The van der Waals surface area contributed by atoms with Gasteiger partial charge in [-0.15, -0.1) is 12.4 Å². The fraction of sp³-hybridized carbons (Fsp3) is 0.583. The van der Waals surface area contributed by atoms with Crippen LogP contribution in [0.4, 0.5) is 5.95 Å². The van der Waals surface area contributed by atoms with Gasteiger partial charge in [0.05, 0.1) is 17.7 Å². The number of hydrogen-bond donors (Lipinski definition) is 2. The van der Waals surface area contributed by atoms with Crippen LogP contribution in [-0.4, -0.2) is 43.5 Å². The molecule has 0 amide bonds. The van der Waals surface area contributed by atoms with Crippen molar-refractivity contribution in [1.29, 1.82) is 0 Å². The van der Waals surface area contributed by atoms with E-state index in [-0.39, 0.29) is 18.5 Å². The number of halogens is 1. The summed E-state index contributed by atoms with van der Waals surface area (Å²) in [7, 11) is 0. The molecule has 2 aliphatic heterocycles. The van der Waals surface area contributed by atoms with E-state index in [1.165, 1.54) is 0 Å². The highest BCUT2D eigenvalue weighted by Crippen LogP contribution is 2.37. The predicted molar refractivity (Wildman–Crippen MR) is 73.5 cm³/mol. The van der Waals surface area contributed by atoms with Crippen LogP contribution in [0.3, 0.4) is 0 Å². The van der Waals surface area contributed by atoms with Crippen molar-refractivity contribution in [3.05, 3.63) is 12.4 Å². The predicted octanol–water partition coefficient (Wildman–Crippen LogP) is 1.27. The van der Waals surface area contributed by atoms with E-state index in [0.717, 1.165) is 42.7 Å². The number of rotatable bonds is 1. The summed E-state index contributed by atoms with van der Waals surface area (Å²) in [5.41, 5.74) is 0.783. The maximum atomic E-state index is 9.81. The van der Waals surface area contributed by atoms with Crippen molar-refractivity contribution in [3.8, 4) is 0 Å². The minimum absolute atomic E-state index is 0. The number of aromatic nitrogens is 4. The van der Waals surface area contributed by atoms with Gasteiger partial charge >= 0.3 is 0 Å². The SMILES string of the molecule is Cl.OC1C[C@H]2CC[C@@H](C1)N2c1ncc2cn[nH]c2n1. The van der Waals surface area contributed by atoms with E-state index in [9.17, 15) is 5.11 Å². The van der Waals surface area contributed by atoms with Crippen molar-refractivity contribution in [1.82, 2.24) is 20.2 Å². The minimum atomic E-state index is -0.158. The molecule has 4 rings (SSSR count).